The SMILES string of the molecule is C[C@H](NC(=O)[C@@H](OC(=O)C1(/C=C/c2ccc3ccc([C@@H](C)NC(O)OC(C)(C)C)nc3c2)COCOC1)C1CCCC1)C(=O)N1CCC[C@@H](C(=O)OCC(Cl)(Cl)Cl)N1. The minimum Gasteiger partial charge on any atom is -0.460 e. The van der Waals surface area contributed by atoms with Crippen LogP contribution in [0, 0.1) is 11.3 Å². The number of fused-ring (bicyclic) bond motifs is 1. The second-order valence-corrected chi connectivity index (χ2v) is 18.6. The van der Waals surface area contributed by atoms with Gasteiger partial charge in [0.05, 0.1) is 36.1 Å². The summed E-state index contributed by atoms with van der Waals surface area (Å²) in [7, 11) is 0. The van der Waals surface area contributed by atoms with E-state index in [1.54, 1.807) is 12.2 Å². The molecule has 320 valence electrons. The molecule has 15 nitrogen and oxygen atoms in total. The van der Waals surface area contributed by atoms with Crippen molar-refractivity contribution in [2.45, 2.75) is 113 Å². The molecule has 0 spiro atoms. The van der Waals surface area contributed by atoms with Gasteiger partial charge in [-0.25, -0.2) is 5.43 Å². The third kappa shape index (κ3) is 12.9. The van der Waals surface area contributed by atoms with Crippen LogP contribution in [0.15, 0.2) is 36.4 Å². The number of aliphatic hydroxyl groups is 1. The molecule has 2 amide bonds. The number of rotatable bonds is 14. The van der Waals surface area contributed by atoms with Gasteiger partial charge >= 0.3 is 11.9 Å². The van der Waals surface area contributed by atoms with Gasteiger partial charge in [0, 0.05) is 17.8 Å². The van der Waals surface area contributed by atoms with E-state index in [9.17, 15) is 24.3 Å². The zero-order valence-corrected chi connectivity index (χ0v) is 35.7. The Morgan fingerprint density at radius 2 is 1.74 bits per heavy atom. The van der Waals surface area contributed by atoms with E-state index in [4.69, 9.17) is 63.5 Å². The summed E-state index contributed by atoms with van der Waals surface area (Å²) in [5.41, 5.74) is 3.08. The molecular formula is C40H54Cl3N5O10. The van der Waals surface area contributed by atoms with Crippen LogP contribution in [0.3, 0.4) is 0 Å². The van der Waals surface area contributed by atoms with E-state index in [1.807, 2.05) is 58.0 Å². The Hall–Kier alpha value is -3.12. The van der Waals surface area contributed by atoms with E-state index >= 15 is 0 Å². The molecule has 0 bridgehead atoms. The highest BCUT2D eigenvalue weighted by molar-refractivity contribution is 6.67. The third-order valence-electron chi connectivity index (χ3n) is 10.1. The van der Waals surface area contributed by atoms with Crippen molar-refractivity contribution in [3.63, 3.8) is 0 Å². The fraction of sp³-hybridized carbons (Fsp3) is 0.625. The van der Waals surface area contributed by atoms with Gasteiger partial charge in [0.1, 0.15) is 30.9 Å². The van der Waals surface area contributed by atoms with Crippen molar-refractivity contribution in [2.75, 3.05) is 33.2 Å². The summed E-state index contributed by atoms with van der Waals surface area (Å²) in [5, 5.41) is 18.3. The Morgan fingerprint density at radius 1 is 1.05 bits per heavy atom. The summed E-state index contributed by atoms with van der Waals surface area (Å²) >= 11 is 17.1. The highest BCUT2D eigenvalue weighted by Gasteiger charge is 2.45. The zero-order chi connectivity index (χ0) is 42.3. The number of benzene rings is 1. The lowest BCUT2D eigenvalue weighted by Gasteiger charge is -2.35. The highest BCUT2D eigenvalue weighted by atomic mass is 35.6. The quantitative estimate of drug-likeness (QED) is 0.113. The first kappa shape index (κ1) is 46.0. The standard InChI is InChI=1S/C40H54Cl3N5O10/c1-24(45-37(53)58-38(3,4)5)29-15-14-27-13-12-26(19-31(27)46-29)16-17-39(20-54-23-55-21-39)36(52)57-32(28-9-6-7-10-28)33(49)44-25(2)34(50)48-18-8-11-30(47-48)35(51)56-22-40(41,42)43/h12-17,19,24-25,28,30,32,37,45,47,53H,6-11,18,20-23H2,1-5H3,(H,44,49)/b17-16+/t24-,25+,30+,32+,37?/m1/s1. The summed E-state index contributed by atoms with van der Waals surface area (Å²) in [6.45, 7) is 8.70. The van der Waals surface area contributed by atoms with Crippen LogP contribution in [-0.4, -0.2) is 106 Å². The summed E-state index contributed by atoms with van der Waals surface area (Å²) in [5.74, 6) is -2.73. The van der Waals surface area contributed by atoms with E-state index < -0.39 is 69.8 Å². The number of alkyl halides is 3. The Morgan fingerprint density at radius 3 is 2.41 bits per heavy atom. The van der Waals surface area contributed by atoms with Crippen molar-refractivity contribution in [2.24, 2.45) is 11.3 Å². The van der Waals surface area contributed by atoms with Gasteiger partial charge in [-0.2, -0.15) is 0 Å². The van der Waals surface area contributed by atoms with Crippen LogP contribution in [0.1, 0.15) is 90.4 Å². The van der Waals surface area contributed by atoms with Crippen LogP contribution in [-0.2, 0) is 42.9 Å². The van der Waals surface area contributed by atoms with Gasteiger partial charge in [0.15, 0.2) is 6.10 Å². The van der Waals surface area contributed by atoms with Gasteiger partial charge in [-0.05, 0) is 78.0 Å². The smallest absolute Gasteiger partial charge is 0.325 e. The normalized spacial score (nSPS) is 21.3. The highest BCUT2D eigenvalue weighted by Crippen LogP contribution is 2.34. The van der Waals surface area contributed by atoms with Gasteiger partial charge in [-0.15, -0.1) is 0 Å². The van der Waals surface area contributed by atoms with Gasteiger partial charge in [-0.1, -0.05) is 78.0 Å². The molecule has 2 saturated heterocycles. The molecule has 2 aliphatic heterocycles. The fourth-order valence-electron chi connectivity index (χ4n) is 7.07. The molecule has 1 aromatic heterocycles. The predicted octanol–water partition coefficient (Wildman–Crippen LogP) is 5.00. The molecule has 2 aromatic rings. The Labute approximate surface area is 353 Å². The largest absolute Gasteiger partial charge is 0.460 e. The average Bonchev–Trinajstić information content (AvgIpc) is 3.71. The first-order valence-corrected chi connectivity index (χ1v) is 20.7. The average molecular weight is 871 g/mol. The first-order valence-electron chi connectivity index (χ1n) is 19.5. The maximum absolute atomic E-state index is 14.2. The minimum atomic E-state index is -1.78. The predicted molar refractivity (Wildman–Crippen MR) is 217 cm³/mol. The number of aliphatic hydroxyl groups excluding tert-OH is 1. The Bertz CT molecular complexity index is 1790. The van der Waals surface area contributed by atoms with Crippen molar-refractivity contribution in [3.8, 4) is 0 Å². The lowest BCUT2D eigenvalue weighted by Crippen LogP contribution is -2.60. The number of esters is 2. The van der Waals surface area contributed by atoms with E-state index in [0.29, 0.717) is 36.9 Å². The molecule has 3 fully saturated rings. The molecule has 5 atom stereocenters. The van der Waals surface area contributed by atoms with Crippen LogP contribution >= 0.6 is 34.8 Å². The van der Waals surface area contributed by atoms with Crippen molar-refractivity contribution in [1.82, 2.24) is 26.1 Å². The zero-order valence-electron chi connectivity index (χ0n) is 33.4. The maximum atomic E-state index is 14.2. The van der Waals surface area contributed by atoms with Crippen LogP contribution < -0.4 is 16.1 Å². The molecule has 1 unspecified atom stereocenters. The number of ether oxygens (including phenoxy) is 5. The summed E-state index contributed by atoms with van der Waals surface area (Å²) in [4.78, 5) is 59.0. The third-order valence-corrected chi connectivity index (χ3v) is 10.4. The lowest BCUT2D eigenvalue weighted by molar-refractivity contribution is -0.193. The van der Waals surface area contributed by atoms with E-state index in [2.05, 4.69) is 16.1 Å². The van der Waals surface area contributed by atoms with Crippen LogP contribution in [0.25, 0.3) is 17.0 Å². The second kappa shape index (κ2) is 20.0. The Kier molecular flexibility index (Phi) is 15.8. The van der Waals surface area contributed by atoms with E-state index in [0.717, 1.165) is 23.8 Å². The van der Waals surface area contributed by atoms with Crippen molar-refractivity contribution in [1.29, 1.82) is 0 Å². The maximum Gasteiger partial charge on any atom is 0.325 e. The monoisotopic (exact) mass is 869 g/mol. The van der Waals surface area contributed by atoms with Gasteiger partial charge < -0.3 is 34.1 Å². The van der Waals surface area contributed by atoms with Crippen molar-refractivity contribution < 1.29 is 48.0 Å². The number of amides is 2. The number of hydrazine groups is 1. The number of hydrogen-bond donors (Lipinski definition) is 4. The molecule has 1 saturated carbocycles. The number of hydrogen-bond acceptors (Lipinski definition) is 13. The number of pyridine rings is 1. The molecule has 4 N–H and O–H groups in total. The summed E-state index contributed by atoms with van der Waals surface area (Å²) in [6.07, 6.45) is 5.02. The van der Waals surface area contributed by atoms with Gasteiger partial charge in [-0.3, -0.25) is 34.5 Å². The van der Waals surface area contributed by atoms with Gasteiger partial charge in [0.25, 0.3) is 11.8 Å². The molecular weight excluding hydrogens is 817 g/mol. The molecule has 3 aliphatic rings. The minimum absolute atomic E-state index is 0.00453. The fourth-order valence-corrected chi connectivity index (χ4v) is 7.23. The number of aromatic nitrogens is 1. The van der Waals surface area contributed by atoms with Crippen molar-refractivity contribution in [3.05, 3.63) is 47.7 Å². The number of nitrogens with zero attached hydrogens (tertiary/aromatic N) is 2. The number of nitrogens with one attached hydrogen (secondary N) is 3. The first-order chi connectivity index (χ1) is 27.3. The molecule has 5 rings (SSSR count). The lowest BCUT2D eigenvalue weighted by atomic mass is 9.87. The Balaban J connectivity index is 1.27. The molecule has 3 heterocycles. The summed E-state index contributed by atoms with van der Waals surface area (Å²) < 4.78 is 26.2. The number of halogens is 3. The molecule has 1 aromatic carbocycles. The van der Waals surface area contributed by atoms with E-state index in [1.165, 1.54) is 11.9 Å². The molecule has 1 aliphatic carbocycles. The summed E-state index contributed by atoms with van der Waals surface area (Å²) in [6, 6.07) is 7.30. The topological polar surface area (TPSA) is 187 Å². The molecule has 18 heteroatoms. The number of carbonyl (C=O) groups excluding carboxylic acids is 4. The van der Waals surface area contributed by atoms with Gasteiger partial charge in [0.2, 0.25) is 10.2 Å². The van der Waals surface area contributed by atoms with Crippen LogP contribution in [0.2, 0.25) is 0 Å². The van der Waals surface area contributed by atoms with Crippen molar-refractivity contribution >= 4 is 75.5 Å². The number of carbonyl (C=O) groups is 4. The van der Waals surface area contributed by atoms with Crippen LogP contribution in [0.4, 0.5) is 0 Å². The molecule has 0 radical (unpaired) electrons. The van der Waals surface area contributed by atoms with E-state index in [-0.39, 0.29) is 38.5 Å². The van der Waals surface area contributed by atoms with Crippen LogP contribution in [0.5, 0.6) is 0 Å². The molecule has 58 heavy (non-hydrogen) atoms. The second-order valence-electron chi connectivity index (χ2n) is 16.1.